The topological polar surface area (TPSA) is 76.1 Å². The number of para-hydroxylation sites is 1. The zero-order valence-electron chi connectivity index (χ0n) is 11.7. The number of ether oxygens (including phenoxy) is 2. The minimum atomic E-state index is -1.09. The molecule has 20 heavy (non-hydrogen) atoms. The van der Waals surface area contributed by atoms with Gasteiger partial charge in [0.05, 0.1) is 12.2 Å². The third-order valence-corrected chi connectivity index (χ3v) is 2.69. The van der Waals surface area contributed by atoms with Crippen LogP contribution in [-0.2, 0) is 4.74 Å². The van der Waals surface area contributed by atoms with Gasteiger partial charge in [0.2, 0.25) is 0 Å². The minimum Gasteiger partial charge on any atom is -0.489 e. The number of anilines is 1. The van der Waals surface area contributed by atoms with Gasteiger partial charge in [0.1, 0.15) is 17.8 Å². The van der Waals surface area contributed by atoms with Crippen LogP contribution in [0, 0.1) is 0 Å². The fourth-order valence-corrected chi connectivity index (χ4v) is 1.92. The van der Waals surface area contributed by atoms with Gasteiger partial charge in [0.25, 0.3) is 0 Å². The quantitative estimate of drug-likeness (QED) is 0.854. The van der Waals surface area contributed by atoms with Gasteiger partial charge < -0.3 is 14.6 Å². The Morgan fingerprint density at radius 2 is 2.05 bits per heavy atom. The van der Waals surface area contributed by atoms with Crippen LogP contribution in [0.4, 0.5) is 10.5 Å². The van der Waals surface area contributed by atoms with Gasteiger partial charge in [0, 0.05) is 0 Å². The lowest BCUT2D eigenvalue weighted by Gasteiger charge is -2.32. The fraction of sp³-hybridized carbons (Fsp3) is 0.429. The van der Waals surface area contributed by atoms with Gasteiger partial charge in [-0.15, -0.1) is 0 Å². The molecule has 6 nitrogen and oxygen atoms in total. The lowest BCUT2D eigenvalue weighted by atomic mass is 10.1. The highest BCUT2D eigenvalue weighted by Gasteiger charge is 2.30. The third-order valence-electron chi connectivity index (χ3n) is 2.69. The van der Waals surface area contributed by atoms with E-state index in [0.717, 1.165) is 0 Å². The summed E-state index contributed by atoms with van der Waals surface area (Å²) in [5.74, 6) is -0.884. The molecule has 0 atom stereocenters. The van der Waals surface area contributed by atoms with E-state index in [0.29, 0.717) is 12.2 Å². The van der Waals surface area contributed by atoms with Crippen molar-refractivity contribution >= 4 is 17.7 Å². The second-order valence-electron chi connectivity index (χ2n) is 5.44. The summed E-state index contributed by atoms with van der Waals surface area (Å²) in [5, 5.41) is 9.14. The average molecular weight is 279 g/mol. The monoisotopic (exact) mass is 279 g/mol. The molecule has 1 aromatic rings. The summed E-state index contributed by atoms with van der Waals surface area (Å²) < 4.78 is 10.7. The number of carbonyl (C=O) groups is 2. The second-order valence-corrected chi connectivity index (χ2v) is 5.44. The maximum Gasteiger partial charge on any atom is 0.415 e. The number of rotatable bonds is 1. The van der Waals surface area contributed by atoms with E-state index < -0.39 is 17.7 Å². The van der Waals surface area contributed by atoms with Crippen molar-refractivity contribution in [3.63, 3.8) is 0 Å². The molecule has 0 saturated heterocycles. The molecular weight excluding hydrogens is 262 g/mol. The highest BCUT2D eigenvalue weighted by atomic mass is 16.6. The molecule has 1 aromatic carbocycles. The summed E-state index contributed by atoms with van der Waals surface area (Å²) in [4.78, 5) is 24.7. The smallest absolute Gasteiger partial charge is 0.415 e. The number of carboxylic acid groups (broad SMARTS) is 1. The zero-order chi connectivity index (χ0) is 14.9. The predicted molar refractivity (Wildman–Crippen MR) is 72.5 cm³/mol. The van der Waals surface area contributed by atoms with E-state index >= 15 is 0 Å². The van der Waals surface area contributed by atoms with Crippen LogP contribution in [0.15, 0.2) is 18.2 Å². The Balaban J connectivity index is 2.36. The van der Waals surface area contributed by atoms with Gasteiger partial charge in [-0.2, -0.15) is 0 Å². The van der Waals surface area contributed by atoms with Gasteiger partial charge in [-0.1, -0.05) is 6.07 Å². The third kappa shape index (κ3) is 2.84. The number of benzene rings is 1. The first-order valence-corrected chi connectivity index (χ1v) is 6.29. The summed E-state index contributed by atoms with van der Waals surface area (Å²) in [6.45, 7) is 5.89. The van der Waals surface area contributed by atoms with Crippen LogP contribution in [0.2, 0.25) is 0 Å². The first-order chi connectivity index (χ1) is 9.29. The van der Waals surface area contributed by atoms with Crippen LogP contribution in [0.5, 0.6) is 5.75 Å². The van der Waals surface area contributed by atoms with Crippen LogP contribution < -0.4 is 9.64 Å². The normalized spacial score (nSPS) is 14.2. The molecule has 0 fully saturated rings. The maximum absolute atomic E-state index is 12.2. The van der Waals surface area contributed by atoms with E-state index in [1.54, 1.807) is 32.9 Å². The highest BCUT2D eigenvalue weighted by Crippen LogP contribution is 2.35. The van der Waals surface area contributed by atoms with Crippen LogP contribution in [0.3, 0.4) is 0 Å². The van der Waals surface area contributed by atoms with E-state index in [4.69, 9.17) is 14.6 Å². The first-order valence-electron chi connectivity index (χ1n) is 6.29. The first kappa shape index (κ1) is 14.2. The largest absolute Gasteiger partial charge is 0.489 e. The molecule has 1 amide bonds. The van der Waals surface area contributed by atoms with Crippen molar-refractivity contribution in [1.82, 2.24) is 0 Å². The summed E-state index contributed by atoms with van der Waals surface area (Å²) in [7, 11) is 0. The number of aromatic carboxylic acids is 1. The van der Waals surface area contributed by atoms with E-state index in [2.05, 4.69) is 0 Å². The molecular formula is C14H17NO5. The Morgan fingerprint density at radius 3 is 2.65 bits per heavy atom. The van der Waals surface area contributed by atoms with Gasteiger partial charge in [-0.25, -0.2) is 9.59 Å². The summed E-state index contributed by atoms with van der Waals surface area (Å²) in [6.07, 6.45) is -0.510. The number of hydrogen-bond donors (Lipinski definition) is 1. The summed E-state index contributed by atoms with van der Waals surface area (Å²) >= 11 is 0. The Kier molecular flexibility index (Phi) is 3.57. The van der Waals surface area contributed by atoms with Gasteiger partial charge in [0.15, 0.2) is 5.75 Å². The van der Waals surface area contributed by atoms with Gasteiger partial charge in [-0.05, 0) is 32.9 Å². The lowest BCUT2D eigenvalue weighted by Crippen LogP contribution is -2.41. The van der Waals surface area contributed by atoms with Crippen LogP contribution in [-0.4, -0.2) is 35.9 Å². The van der Waals surface area contributed by atoms with Crippen LogP contribution in [0.1, 0.15) is 31.1 Å². The summed E-state index contributed by atoms with van der Waals surface area (Å²) in [6, 6.07) is 4.67. The second kappa shape index (κ2) is 5.03. The Labute approximate surface area is 116 Å². The molecule has 6 heteroatoms. The van der Waals surface area contributed by atoms with Crippen molar-refractivity contribution < 1.29 is 24.2 Å². The molecule has 0 unspecified atom stereocenters. The Bertz CT molecular complexity index is 547. The molecule has 2 rings (SSSR count). The Morgan fingerprint density at radius 1 is 1.35 bits per heavy atom. The zero-order valence-corrected chi connectivity index (χ0v) is 11.7. The molecule has 0 saturated carbocycles. The molecule has 1 aliphatic heterocycles. The van der Waals surface area contributed by atoms with Crippen molar-refractivity contribution in [2.75, 3.05) is 18.1 Å². The van der Waals surface area contributed by atoms with E-state index in [-0.39, 0.29) is 17.9 Å². The molecule has 0 radical (unpaired) electrons. The van der Waals surface area contributed by atoms with Crippen LogP contribution >= 0.6 is 0 Å². The highest BCUT2D eigenvalue weighted by molar-refractivity contribution is 5.97. The van der Waals surface area contributed by atoms with Crippen LogP contribution in [0.25, 0.3) is 0 Å². The predicted octanol–water partition coefficient (Wildman–Crippen LogP) is 2.52. The van der Waals surface area contributed by atoms with Gasteiger partial charge in [-0.3, -0.25) is 4.90 Å². The number of amides is 1. The minimum absolute atomic E-state index is 0.0377. The number of hydrogen-bond acceptors (Lipinski definition) is 4. The van der Waals surface area contributed by atoms with Crippen molar-refractivity contribution in [1.29, 1.82) is 0 Å². The lowest BCUT2D eigenvalue weighted by molar-refractivity contribution is 0.0563. The van der Waals surface area contributed by atoms with E-state index in [1.165, 1.54) is 11.0 Å². The van der Waals surface area contributed by atoms with Crippen molar-refractivity contribution in [3.05, 3.63) is 23.8 Å². The SMILES string of the molecule is CC(C)(C)OC(=O)N1CCOc2c(C(=O)O)cccc21. The molecule has 108 valence electrons. The molecule has 1 heterocycles. The number of carboxylic acids is 1. The Hall–Kier alpha value is -2.24. The molecule has 0 aliphatic carbocycles. The van der Waals surface area contributed by atoms with Crippen molar-refractivity contribution in [2.24, 2.45) is 0 Å². The van der Waals surface area contributed by atoms with Gasteiger partial charge >= 0.3 is 12.1 Å². The standard InChI is InChI=1S/C14H17NO5/c1-14(2,3)20-13(18)15-7-8-19-11-9(12(16)17)5-4-6-10(11)15/h4-6H,7-8H2,1-3H3,(H,16,17). The molecule has 0 bridgehead atoms. The van der Waals surface area contributed by atoms with E-state index in [1.807, 2.05) is 0 Å². The molecule has 0 spiro atoms. The molecule has 1 N–H and O–H groups in total. The number of nitrogens with zero attached hydrogens (tertiary/aromatic N) is 1. The maximum atomic E-state index is 12.2. The van der Waals surface area contributed by atoms with E-state index in [9.17, 15) is 9.59 Å². The number of carbonyl (C=O) groups excluding carboxylic acids is 1. The van der Waals surface area contributed by atoms with Crippen molar-refractivity contribution in [3.8, 4) is 5.75 Å². The molecule has 1 aliphatic rings. The molecule has 0 aromatic heterocycles. The average Bonchev–Trinajstić information content (AvgIpc) is 2.35. The van der Waals surface area contributed by atoms with Crippen molar-refractivity contribution in [2.45, 2.75) is 26.4 Å². The fourth-order valence-electron chi connectivity index (χ4n) is 1.92. The number of fused-ring (bicyclic) bond motifs is 1. The summed E-state index contributed by atoms with van der Waals surface area (Å²) in [5.41, 5.74) is -0.152.